The lowest BCUT2D eigenvalue weighted by molar-refractivity contribution is -0.226. The zero-order valence-electron chi connectivity index (χ0n) is 23.0. The number of rotatable bonds is 1. The number of aliphatic hydroxyl groups is 1. The number of Topliss-reactive ketones (excluding diaryl/α,β-unsaturated/α-hetero) is 2. The van der Waals surface area contributed by atoms with Gasteiger partial charge in [0.2, 0.25) is 5.70 Å². The highest BCUT2D eigenvalue weighted by Crippen LogP contribution is 2.75. The third-order valence-corrected chi connectivity index (χ3v) is 12.9. The molecule has 0 unspecified atom stereocenters. The number of allylic oxidation sites excluding steroid dienone is 2. The summed E-state index contributed by atoms with van der Waals surface area (Å²) in [5.41, 5.74) is -0.742. The Labute approximate surface area is 212 Å². The molecule has 4 saturated carbocycles. The lowest BCUT2D eigenvalue weighted by Crippen LogP contribution is -2.68. The summed E-state index contributed by atoms with van der Waals surface area (Å²) in [6.07, 6.45) is 9.65. The van der Waals surface area contributed by atoms with Crippen molar-refractivity contribution in [1.29, 1.82) is 0 Å². The molecule has 5 aliphatic rings. The van der Waals surface area contributed by atoms with Gasteiger partial charge in [-0.15, -0.1) is 0 Å². The van der Waals surface area contributed by atoms with E-state index in [1.165, 1.54) is 0 Å². The molecule has 5 aliphatic carbocycles. The predicted octanol–water partition coefficient (Wildman–Crippen LogP) is 6.63. The van der Waals surface area contributed by atoms with Crippen molar-refractivity contribution >= 4 is 11.6 Å². The summed E-state index contributed by atoms with van der Waals surface area (Å²) in [7, 11) is 0. The molecule has 35 heavy (non-hydrogen) atoms. The fourth-order valence-corrected chi connectivity index (χ4v) is 10.7. The van der Waals surface area contributed by atoms with Gasteiger partial charge in [-0.05, 0) is 89.8 Å². The van der Waals surface area contributed by atoms with Gasteiger partial charge in [0.1, 0.15) is 5.78 Å². The minimum Gasteiger partial charge on any atom is -0.396 e. The molecule has 4 nitrogen and oxygen atoms in total. The number of hydrogen-bond donors (Lipinski definition) is 1. The highest BCUT2D eigenvalue weighted by molar-refractivity contribution is 6.02. The van der Waals surface area contributed by atoms with Crippen molar-refractivity contribution in [3.63, 3.8) is 0 Å². The van der Waals surface area contributed by atoms with Gasteiger partial charge in [-0.1, -0.05) is 54.5 Å². The molecule has 0 aliphatic heterocycles. The Morgan fingerprint density at radius 3 is 2.23 bits per heavy atom. The van der Waals surface area contributed by atoms with E-state index in [-0.39, 0.29) is 68.8 Å². The van der Waals surface area contributed by atoms with Crippen LogP contribution in [0.2, 0.25) is 0 Å². The molecule has 5 rings (SSSR count). The summed E-state index contributed by atoms with van der Waals surface area (Å²) >= 11 is 0. The van der Waals surface area contributed by atoms with Crippen LogP contribution in [0.4, 0.5) is 0 Å². The minimum atomic E-state index is -0.586. The summed E-state index contributed by atoms with van der Waals surface area (Å²) in [6, 6.07) is 0. The lowest BCUT2D eigenvalue weighted by Gasteiger charge is -2.72. The van der Waals surface area contributed by atoms with Crippen LogP contribution in [0.5, 0.6) is 0 Å². The van der Waals surface area contributed by atoms with Crippen molar-refractivity contribution in [2.24, 2.45) is 56.2 Å². The Bertz CT molecular complexity index is 1050. The topological polar surface area (TPSA) is 58.7 Å². The van der Waals surface area contributed by atoms with E-state index in [0.29, 0.717) is 12.2 Å². The molecule has 0 amide bonds. The van der Waals surface area contributed by atoms with E-state index in [4.69, 9.17) is 6.57 Å². The van der Waals surface area contributed by atoms with Crippen molar-refractivity contribution in [3.8, 4) is 0 Å². The van der Waals surface area contributed by atoms with Crippen molar-refractivity contribution in [2.75, 3.05) is 6.61 Å². The quantitative estimate of drug-likeness (QED) is 0.429. The zero-order chi connectivity index (χ0) is 25.8. The number of ketones is 2. The maximum atomic E-state index is 14.3. The van der Waals surface area contributed by atoms with E-state index in [0.717, 1.165) is 44.9 Å². The standard InChI is InChI=1S/C31H45NO3/c1-26(2)11-13-31(18-33)14-12-30(7)24(19(31)16-26)21(34)15-23-28(5)17-20(32-8)25(35)27(3,4)22(28)9-10-29(23,30)6/h17,19,22-24,33H,9-16,18H2,1-7H3/t19-,22-,23+,24-,28-,29+,30+,31+/m0/s1. The Hall–Kier alpha value is -1.47. The van der Waals surface area contributed by atoms with Gasteiger partial charge in [-0.25, -0.2) is 4.85 Å². The molecule has 1 N–H and O–H groups in total. The molecular formula is C31H45NO3. The van der Waals surface area contributed by atoms with Crippen LogP contribution in [0.25, 0.3) is 4.85 Å². The third-order valence-electron chi connectivity index (χ3n) is 12.9. The number of aliphatic hydroxyl groups excluding tert-OH is 1. The molecule has 192 valence electrons. The van der Waals surface area contributed by atoms with Crippen molar-refractivity contribution in [2.45, 2.75) is 99.8 Å². The van der Waals surface area contributed by atoms with Gasteiger partial charge in [0.05, 0.1) is 6.57 Å². The average molecular weight is 480 g/mol. The molecule has 4 heteroatoms. The maximum Gasteiger partial charge on any atom is 0.226 e. The summed E-state index contributed by atoms with van der Waals surface area (Å²) in [5.74, 6) is 0.859. The second-order valence-electron chi connectivity index (χ2n) is 15.2. The molecule has 8 atom stereocenters. The summed E-state index contributed by atoms with van der Waals surface area (Å²) in [6.45, 7) is 23.7. The second kappa shape index (κ2) is 7.31. The van der Waals surface area contributed by atoms with Gasteiger partial charge >= 0.3 is 0 Å². The van der Waals surface area contributed by atoms with Crippen molar-refractivity contribution in [1.82, 2.24) is 0 Å². The van der Waals surface area contributed by atoms with Gasteiger partial charge in [-0.3, -0.25) is 4.79 Å². The molecule has 0 saturated heterocycles. The van der Waals surface area contributed by atoms with Crippen molar-refractivity contribution < 1.29 is 14.7 Å². The van der Waals surface area contributed by atoms with Gasteiger partial charge in [0, 0.05) is 24.4 Å². The fraction of sp³-hybridized carbons (Fsp3) is 0.839. The van der Waals surface area contributed by atoms with Gasteiger partial charge in [0.15, 0.2) is 5.78 Å². The number of fused-ring (bicyclic) bond motifs is 7. The highest BCUT2D eigenvalue weighted by atomic mass is 16.3. The van der Waals surface area contributed by atoms with Crippen LogP contribution in [-0.4, -0.2) is 23.3 Å². The SMILES string of the molecule is [C-]#[N+]C1=C[C@]2(C)[C@H]3CC(=O)[C@@H]4[C@@H]5CC(C)(C)CC[C@]5(CO)CC[C@@]4(C)[C@]3(C)CC[C@H]2C(C)(C)C1=O. The van der Waals surface area contributed by atoms with Crippen LogP contribution in [0.1, 0.15) is 99.8 Å². The van der Waals surface area contributed by atoms with Gasteiger partial charge in [0.25, 0.3) is 0 Å². The first-order valence-electron chi connectivity index (χ1n) is 13.9. The van der Waals surface area contributed by atoms with E-state index in [9.17, 15) is 14.7 Å². The molecule has 0 aromatic rings. The molecule has 4 fully saturated rings. The van der Waals surface area contributed by atoms with E-state index in [2.05, 4.69) is 39.5 Å². The highest BCUT2D eigenvalue weighted by Gasteiger charge is 2.71. The second-order valence-corrected chi connectivity index (χ2v) is 15.2. The number of hydrogen-bond acceptors (Lipinski definition) is 3. The molecular weight excluding hydrogens is 434 g/mol. The lowest BCUT2D eigenvalue weighted by atomic mass is 9.32. The smallest absolute Gasteiger partial charge is 0.226 e. The average Bonchev–Trinajstić information content (AvgIpc) is 2.77. The first kappa shape index (κ1) is 25.2. The number of nitrogens with zero attached hydrogens (tertiary/aromatic N) is 1. The van der Waals surface area contributed by atoms with E-state index >= 15 is 0 Å². The summed E-state index contributed by atoms with van der Waals surface area (Å²) in [5, 5.41) is 10.7. The maximum absolute atomic E-state index is 14.3. The molecule has 0 aromatic heterocycles. The van der Waals surface area contributed by atoms with Gasteiger partial charge in [-0.2, -0.15) is 0 Å². The van der Waals surface area contributed by atoms with Crippen LogP contribution in [0.3, 0.4) is 0 Å². The first-order valence-corrected chi connectivity index (χ1v) is 13.9. The van der Waals surface area contributed by atoms with Crippen molar-refractivity contribution in [3.05, 3.63) is 23.2 Å². The monoisotopic (exact) mass is 479 g/mol. The van der Waals surface area contributed by atoms with Crippen LogP contribution in [0.15, 0.2) is 11.8 Å². The van der Waals surface area contributed by atoms with Crippen LogP contribution in [0, 0.1) is 62.7 Å². The van der Waals surface area contributed by atoms with Gasteiger partial charge < -0.3 is 9.90 Å². The summed E-state index contributed by atoms with van der Waals surface area (Å²) in [4.78, 5) is 31.2. The molecule has 0 radical (unpaired) electrons. The molecule has 0 bridgehead atoms. The molecule has 0 heterocycles. The van der Waals surface area contributed by atoms with E-state index < -0.39 is 5.41 Å². The Balaban J connectivity index is 1.63. The Morgan fingerprint density at radius 1 is 0.943 bits per heavy atom. The normalized spacial score (nSPS) is 50.1. The van der Waals surface area contributed by atoms with Crippen LogP contribution in [-0.2, 0) is 9.59 Å². The third kappa shape index (κ3) is 3.00. The molecule has 0 aromatic carbocycles. The largest absolute Gasteiger partial charge is 0.396 e. The molecule has 0 spiro atoms. The van der Waals surface area contributed by atoms with Crippen LogP contribution < -0.4 is 0 Å². The van der Waals surface area contributed by atoms with Crippen LogP contribution >= 0.6 is 0 Å². The fourth-order valence-electron chi connectivity index (χ4n) is 10.7. The predicted molar refractivity (Wildman–Crippen MR) is 137 cm³/mol. The minimum absolute atomic E-state index is 0.00748. The number of carbonyl (C=O) groups is 2. The van der Waals surface area contributed by atoms with E-state index in [1.54, 1.807) is 0 Å². The summed E-state index contributed by atoms with van der Waals surface area (Å²) < 4.78 is 0. The Morgan fingerprint density at radius 2 is 1.60 bits per heavy atom. The Kier molecular flexibility index (Phi) is 5.26. The first-order chi connectivity index (χ1) is 16.1. The number of carbonyl (C=O) groups excluding carboxylic acids is 2. The zero-order valence-corrected chi connectivity index (χ0v) is 23.0. The van der Waals surface area contributed by atoms with E-state index in [1.807, 2.05) is 19.9 Å².